The van der Waals surface area contributed by atoms with Crippen molar-refractivity contribution >= 4 is 16.7 Å². The van der Waals surface area contributed by atoms with Crippen molar-refractivity contribution in [3.05, 3.63) is 93.9 Å². The number of allylic oxidation sites excluding steroid dienone is 2. The Morgan fingerprint density at radius 2 is 1.76 bits per heavy atom. The molecule has 0 N–H and O–H groups in total. The van der Waals surface area contributed by atoms with E-state index in [0.29, 0.717) is 0 Å². The molecule has 1 aliphatic rings. The van der Waals surface area contributed by atoms with Gasteiger partial charge in [-0.1, -0.05) is 30.3 Å². The van der Waals surface area contributed by atoms with Gasteiger partial charge >= 0.3 is 0 Å². The summed E-state index contributed by atoms with van der Waals surface area (Å²) in [6.45, 7) is 0. The zero-order chi connectivity index (χ0) is 14.7. The molecule has 21 heavy (non-hydrogen) atoms. The van der Waals surface area contributed by atoms with Gasteiger partial charge in [-0.15, -0.1) is 11.8 Å². The van der Waals surface area contributed by atoms with E-state index >= 15 is 0 Å². The number of benzene rings is 1. The molecule has 0 aliphatic carbocycles. The van der Waals surface area contributed by atoms with Gasteiger partial charge in [0.15, 0.2) is 0 Å². The molecular formula is C16H12N2O2S. The molecule has 1 unspecified atom stereocenters. The lowest BCUT2D eigenvalue weighted by Gasteiger charge is -2.19. The third-order valence-corrected chi connectivity index (χ3v) is 4.57. The van der Waals surface area contributed by atoms with E-state index in [-0.39, 0.29) is 15.9 Å². The highest BCUT2D eigenvalue weighted by Crippen LogP contribution is 2.46. The first-order valence-corrected chi connectivity index (χ1v) is 7.32. The van der Waals surface area contributed by atoms with Crippen molar-refractivity contribution in [3.8, 4) is 0 Å². The van der Waals surface area contributed by atoms with E-state index in [2.05, 4.69) is 4.98 Å². The van der Waals surface area contributed by atoms with Crippen LogP contribution in [-0.2, 0) is 0 Å². The van der Waals surface area contributed by atoms with Crippen LogP contribution in [-0.4, -0.2) is 9.91 Å². The van der Waals surface area contributed by atoms with Gasteiger partial charge in [0, 0.05) is 23.4 Å². The van der Waals surface area contributed by atoms with E-state index < -0.39 is 0 Å². The Bertz CT molecular complexity index is 712. The Hall–Kier alpha value is -2.40. The van der Waals surface area contributed by atoms with Gasteiger partial charge in [-0.2, -0.15) is 0 Å². The molecule has 2 aromatic rings. The fourth-order valence-electron chi connectivity index (χ4n) is 2.18. The highest BCUT2D eigenvalue weighted by Gasteiger charge is 2.30. The number of nitro groups is 1. The number of rotatable bonds is 3. The van der Waals surface area contributed by atoms with E-state index in [1.54, 1.807) is 24.5 Å². The van der Waals surface area contributed by atoms with Crippen molar-refractivity contribution in [2.45, 2.75) is 5.25 Å². The molecule has 0 saturated carbocycles. The molecule has 1 atom stereocenters. The lowest BCUT2D eigenvalue weighted by molar-refractivity contribution is -0.427. The fraction of sp³-hybridized carbons (Fsp3) is 0.0625. The van der Waals surface area contributed by atoms with Crippen LogP contribution >= 0.6 is 11.8 Å². The largest absolute Gasteiger partial charge is 0.265 e. The van der Waals surface area contributed by atoms with E-state index in [4.69, 9.17) is 0 Å². The summed E-state index contributed by atoms with van der Waals surface area (Å²) in [4.78, 5) is 16.0. The molecule has 0 radical (unpaired) electrons. The SMILES string of the molecule is O=[N+]([O-])C1=CC=C(c2ccncc2)SC1c1ccccc1. The second-order valence-corrected chi connectivity index (χ2v) is 5.67. The lowest BCUT2D eigenvalue weighted by atomic mass is 10.1. The molecule has 1 aromatic heterocycles. The second-order valence-electron chi connectivity index (χ2n) is 4.52. The summed E-state index contributed by atoms with van der Waals surface area (Å²) in [5.41, 5.74) is 2.17. The number of nitrogens with zero attached hydrogens (tertiary/aromatic N) is 2. The predicted molar refractivity (Wildman–Crippen MR) is 84.1 cm³/mol. The molecule has 0 bridgehead atoms. The average molecular weight is 296 g/mol. The van der Waals surface area contributed by atoms with Crippen molar-refractivity contribution in [3.63, 3.8) is 0 Å². The summed E-state index contributed by atoms with van der Waals surface area (Å²) < 4.78 is 0. The predicted octanol–water partition coefficient (Wildman–Crippen LogP) is 4.07. The molecular weight excluding hydrogens is 284 g/mol. The van der Waals surface area contributed by atoms with Gasteiger partial charge in [0.1, 0.15) is 5.25 Å². The first-order valence-electron chi connectivity index (χ1n) is 6.44. The number of hydrogen-bond donors (Lipinski definition) is 0. The van der Waals surface area contributed by atoms with E-state index in [1.807, 2.05) is 42.5 Å². The van der Waals surface area contributed by atoms with Crippen molar-refractivity contribution < 1.29 is 4.92 Å². The lowest BCUT2D eigenvalue weighted by Crippen LogP contribution is -2.10. The number of hydrogen-bond acceptors (Lipinski definition) is 4. The fourth-order valence-corrected chi connectivity index (χ4v) is 3.43. The van der Waals surface area contributed by atoms with Crippen LogP contribution in [0.4, 0.5) is 0 Å². The summed E-state index contributed by atoms with van der Waals surface area (Å²) in [7, 11) is 0. The second kappa shape index (κ2) is 5.93. The van der Waals surface area contributed by atoms with Crippen LogP contribution in [0.25, 0.3) is 4.91 Å². The molecule has 104 valence electrons. The van der Waals surface area contributed by atoms with Crippen LogP contribution in [0, 0.1) is 10.1 Å². The highest BCUT2D eigenvalue weighted by atomic mass is 32.2. The number of aromatic nitrogens is 1. The van der Waals surface area contributed by atoms with Crippen LogP contribution in [0.1, 0.15) is 16.4 Å². The minimum Gasteiger partial charge on any atom is -0.265 e. The Labute approximate surface area is 126 Å². The summed E-state index contributed by atoms with van der Waals surface area (Å²) in [5, 5.41) is 11.0. The van der Waals surface area contributed by atoms with Crippen molar-refractivity contribution in [2.24, 2.45) is 0 Å². The molecule has 0 amide bonds. The van der Waals surface area contributed by atoms with Crippen LogP contribution in [0.2, 0.25) is 0 Å². The first kappa shape index (κ1) is 13.6. The molecule has 0 spiro atoms. The third kappa shape index (κ3) is 2.87. The molecule has 1 aromatic carbocycles. The van der Waals surface area contributed by atoms with Gasteiger partial charge in [-0.3, -0.25) is 15.1 Å². The summed E-state index contributed by atoms with van der Waals surface area (Å²) in [6, 6.07) is 13.4. The van der Waals surface area contributed by atoms with Gasteiger partial charge in [-0.25, -0.2) is 0 Å². The van der Waals surface area contributed by atoms with E-state index in [1.165, 1.54) is 11.8 Å². The molecule has 3 rings (SSSR count). The number of thioether (sulfide) groups is 1. The summed E-state index contributed by atoms with van der Waals surface area (Å²) in [6.07, 6.45) is 6.85. The minimum atomic E-state index is -0.301. The van der Waals surface area contributed by atoms with Crippen LogP contribution < -0.4 is 0 Å². The summed E-state index contributed by atoms with van der Waals surface area (Å²) in [5.74, 6) is 0. The Morgan fingerprint density at radius 3 is 2.43 bits per heavy atom. The molecule has 4 nitrogen and oxygen atoms in total. The van der Waals surface area contributed by atoms with Crippen molar-refractivity contribution in [1.82, 2.24) is 4.98 Å². The average Bonchev–Trinajstić information content (AvgIpc) is 2.56. The normalized spacial score (nSPS) is 17.8. The first-order chi connectivity index (χ1) is 10.3. The highest BCUT2D eigenvalue weighted by molar-refractivity contribution is 8.08. The zero-order valence-electron chi connectivity index (χ0n) is 11.0. The maximum absolute atomic E-state index is 11.3. The Balaban J connectivity index is 2.00. The topological polar surface area (TPSA) is 56.0 Å². The van der Waals surface area contributed by atoms with Gasteiger partial charge in [0.05, 0.1) is 4.92 Å². The number of pyridine rings is 1. The van der Waals surface area contributed by atoms with Gasteiger partial charge in [0.2, 0.25) is 0 Å². The third-order valence-electron chi connectivity index (χ3n) is 3.20. The standard InChI is InChI=1S/C16H12N2O2S/c19-18(20)14-6-7-15(12-8-10-17-11-9-12)21-16(14)13-4-2-1-3-5-13/h1-11,16H. The zero-order valence-corrected chi connectivity index (χ0v) is 11.9. The molecule has 0 fully saturated rings. The maximum Gasteiger partial charge on any atom is 0.263 e. The smallest absolute Gasteiger partial charge is 0.263 e. The quantitative estimate of drug-likeness (QED) is 0.633. The molecule has 1 aliphatic heterocycles. The van der Waals surface area contributed by atoms with E-state index in [0.717, 1.165) is 16.0 Å². The van der Waals surface area contributed by atoms with Crippen LogP contribution in [0.3, 0.4) is 0 Å². The summed E-state index contributed by atoms with van der Waals surface area (Å²) >= 11 is 1.50. The Morgan fingerprint density at radius 1 is 1.05 bits per heavy atom. The maximum atomic E-state index is 11.3. The monoisotopic (exact) mass is 296 g/mol. The van der Waals surface area contributed by atoms with Crippen molar-refractivity contribution in [2.75, 3.05) is 0 Å². The molecule has 0 saturated heterocycles. The van der Waals surface area contributed by atoms with Gasteiger partial charge in [0.25, 0.3) is 5.70 Å². The van der Waals surface area contributed by atoms with Gasteiger partial charge < -0.3 is 0 Å². The van der Waals surface area contributed by atoms with Crippen LogP contribution in [0.5, 0.6) is 0 Å². The Kier molecular flexibility index (Phi) is 3.83. The van der Waals surface area contributed by atoms with E-state index in [9.17, 15) is 10.1 Å². The minimum absolute atomic E-state index is 0.212. The molecule has 5 heteroatoms. The van der Waals surface area contributed by atoms with Crippen LogP contribution in [0.15, 0.2) is 72.7 Å². The van der Waals surface area contributed by atoms with Gasteiger partial charge in [-0.05, 0) is 29.3 Å². The van der Waals surface area contributed by atoms with Crippen molar-refractivity contribution in [1.29, 1.82) is 0 Å². The molecule has 2 heterocycles.